The summed E-state index contributed by atoms with van der Waals surface area (Å²) in [4.78, 5) is 34.3. The fraction of sp³-hybridized carbons (Fsp3) is 0.312. The average molecular weight is 302 g/mol. The van der Waals surface area contributed by atoms with Gasteiger partial charge in [0, 0.05) is 6.54 Å². The number of carbonyl (C=O) groups is 3. The molecule has 0 aliphatic carbocycles. The summed E-state index contributed by atoms with van der Waals surface area (Å²) < 4.78 is 5.10. The molecule has 1 aromatic carbocycles. The monoisotopic (exact) mass is 302 g/mol. The van der Waals surface area contributed by atoms with E-state index in [4.69, 9.17) is 4.74 Å². The van der Waals surface area contributed by atoms with E-state index in [0.29, 0.717) is 17.8 Å². The summed E-state index contributed by atoms with van der Waals surface area (Å²) >= 11 is 0. The molecule has 116 valence electrons. The number of ketones is 1. The number of nitrogens with one attached hydrogen (secondary N) is 2. The third-order valence-corrected chi connectivity index (χ3v) is 2.82. The van der Waals surface area contributed by atoms with E-state index in [1.54, 1.807) is 51.1 Å². The van der Waals surface area contributed by atoms with Gasteiger partial charge in [0.1, 0.15) is 5.60 Å². The lowest BCUT2D eigenvalue weighted by Crippen LogP contribution is -2.32. The fourth-order valence-electron chi connectivity index (χ4n) is 1.92. The van der Waals surface area contributed by atoms with Crippen molar-refractivity contribution in [3.63, 3.8) is 0 Å². The van der Waals surface area contributed by atoms with Gasteiger partial charge in [0.25, 0.3) is 11.7 Å². The van der Waals surface area contributed by atoms with Gasteiger partial charge in [-0.2, -0.15) is 0 Å². The molecule has 0 fully saturated rings. The standard InChI is InChI=1S/C16H18N2O4/c1-16(2,3)22-15(21)17-8-4-5-10-6-7-12-11(9-10)13(19)14(20)18-12/h4-7,9H,8H2,1-3H3,(H,17,21)(H,18,19,20). The highest BCUT2D eigenvalue weighted by Gasteiger charge is 2.27. The van der Waals surface area contributed by atoms with Crippen LogP contribution in [-0.2, 0) is 9.53 Å². The van der Waals surface area contributed by atoms with E-state index in [0.717, 1.165) is 5.56 Å². The van der Waals surface area contributed by atoms with Crippen molar-refractivity contribution in [2.24, 2.45) is 0 Å². The van der Waals surface area contributed by atoms with E-state index in [1.807, 2.05) is 0 Å². The minimum Gasteiger partial charge on any atom is -0.444 e. The molecule has 6 nitrogen and oxygen atoms in total. The van der Waals surface area contributed by atoms with Crippen molar-refractivity contribution in [2.75, 3.05) is 11.9 Å². The molecule has 2 amide bonds. The van der Waals surface area contributed by atoms with Gasteiger partial charge in [0.2, 0.25) is 0 Å². The summed E-state index contributed by atoms with van der Waals surface area (Å²) in [7, 11) is 0. The summed E-state index contributed by atoms with van der Waals surface area (Å²) in [6.07, 6.45) is 3.00. The Hall–Kier alpha value is -2.63. The van der Waals surface area contributed by atoms with E-state index in [1.165, 1.54) is 0 Å². The molecule has 0 unspecified atom stereocenters. The first kappa shape index (κ1) is 15.8. The molecule has 1 aliphatic rings. The molecule has 0 aromatic heterocycles. The van der Waals surface area contributed by atoms with Gasteiger partial charge in [0.05, 0.1) is 11.3 Å². The van der Waals surface area contributed by atoms with Crippen LogP contribution in [0.5, 0.6) is 0 Å². The second-order valence-corrected chi connectivity index (χ2v) is 5.87. The van der Waals surface area contributed by atoms with Gasteiger partial charge in [-0.1, -0.05) is 18.2 Å². The van der Waals surface area contributed by atoms with Crippen molar-refractivity contribution < 1.29 is 19.1 Å². The number of benzene rings is 1. The third kappa shape index (κ3) is 3.94. The number of Topliss-reactive ketones (excluding diaryl/α,β-unsaturated/α-hetero) is 1. The Morgan fingerprint density at radius 2 is 2.05 bits per heavy atom. The van der Waals surface area contributed by atoms with Crippen LogP contribution in [0.1, 0.15) is 36.7 Å². The van der Waals surface area contributed by atoms with Crippen LogP contribution in [0.3, 0.4) is 0 Å². The number of hydrogen-bond acceptors (Lipinski definition) is 4. The van der Waals surface area contributed by atoms with E-state index in [9.17, 15) is 14.4 Å². The molecule has 0 spiro atoms. The minimum atomic E-state index is -0.609. The Morgan fingerprint density at radius 1 is 1.32 bits per heavy atom. The van der Waals surface area contributed by atoms with Gasteiger partial charge >= 0.3 is 6.09 Å². The molecule has 22 heavy (non-hydrogen) atoms. The molecular formula is C16H18N2O4. The zero-order chi connectivity index (χ0) is 16.3. The Kier molecular flexibility index (Phi) is 4.30. The van der Waals surface area contributed by atoms with Crippen LogP contribution in [0.4, 0.5) is 10.5 Å². The molecule has 0 bridgehead atoms. The molecule has 1 aromatic rings. The molecule has 0 saturated heterocycles. The van der Waals surface area contributed by atoms with Crippen molar-refractivity contribution in [3.8, 4) is 0 Å². The van der Waals surface area contributed by atoms with E-state index < -0.39 is 23.4 Å². The molecule has 2 N–H and O–H groups in total. The molecular weight excluding hydrogens is 284 g/mol. The van der Waals surface area contributed by atoms with Crippen LogP contribution in [0.15, 0.2) is 24.3 Å². The number of carbonyl (C=O) groups excluding carboxylic acids is 3. The van der Waals surface area contributed by atoms with Crippen LogP contribution in [0, 0.1) is 0 Å². The molecule has 0 radical (unpaired) electrons. The molecule has 6 heteroatoms. The predicted molar refractivity (Wildman–Crippen MR) is 82.7 cm³/mol. The van der Waals surface area contributed by atoms with Crippen molar-refractivity contribution in [1.82, 2.24) is 5.32 Å². The van der Waals surface area contributed by atoms with E-state index >= 15 is 0 Å². The van der Waals surface area contributed by atoms with Crippen molar-refractivity contribution in [2.45, 2.75) is 26.4 Å². The first-order chi connectivity index (χ1) is 10.3. The number of anilines is 1. The summed E-state index contributed by atoms with van der Waals surface area (Å²) in [6, 6.07) is 5.10. The Bertz CT molecular complexity index is 657. The van der Waals surface area contributed by atoms with E-state index in [2.05, 4.69) is 10.6 Å². The zero-order valence-electron chi connectivity index (χ0n) is 12.7. The highest BCUT2D eigenvalue weighted by atomic mass is 16.6. The SMILES string of the molecule is CC(C)(C)OC(=O)NCC=Cc1ccc2c(c1)C(=O)C(=O)N2. The van der Waals surface area contributed by atoms with Crippen LogP contribution in [0.25, 0.3) is 6.08 Å². The summed E-state index contributed by atoms with van der Waals surface area (Å²) in [5, 5.41) is 5.09. The Labute approximate surface area is 128 Å². The number of ether oxygens (including phenoxy) is 1. The van der Waals surface area contributed by atoms with Crippen LogP contribution in [0.2, 0.25) is 0 Å². The van der Waals surface area contributed by atoms with Gasteiger partial charge in [-0.15, -0.1) is 0 Å². The molecule has 1 heterocycles. The number of amides is 2. The fourth-order valence-corrected chi connectivity index (χ4v) is 1.92. The lowest BCUT2D eigenvalue weighted by Gasteiger charge is -2.19. The first-order valence-electron chi connectivity index (χ1n) is 6.89. The lowest BCUT2D eigenvalue weighted by atomic mass is 10.1. The maximum atomic E-state index is 11.6. The van der Waals surface area contributed by atoms with Gasteiger partial charge in [0.15, 0.2) is 0 Å². The quantitative estimate of drug-likeness (QED) is 0.839. The summed E-state index contributed by atoms with van der Waals surface area (Å²) in [5.74, 6) is -1.14. The zero-order valence-corrected chi connectivity index (χ0v) is 12.7. The third-order valence-electron chi connectivity index (χ3n) is 2.82. The van der Waals surface area contributed by atoms with E-state index in [-0.39, 0.29) is 0 Å². The number of hydrogen-bond donors (Lipinski definition) is 2. The summed E-state index contributed by atoms with van der Waals surface area (Å²) in [6.45, 7) is 5.68. The van der Waals surface area contributed by atoms with Gasteiger partial charge < -0.3 is 15.4 Å². The number of fused-ring (bicyclic) bond motifs is 1. The second kappa shape index (κ2) is 6.01. The number of rotatable bonds is 3. The minimum absolute atomic E-state index is 0.303. The van der Waals surface area contributed by atoms with Crippen LogP contribution in [-0.4, -0.2) is 29.9 Å². The Morgan fingerprint density at radius 3 is 2.73 bits per heavy atom. The van der Waals surface area contributed by atoms with Crippen LogP contribution < -0.4 is 10.6 Å². The summed E-state index contributed by atoms with van der Waals surface area (Å²) in [5.41, 5.74) is 1.13. The highest BCUT2D eigenvalue weighted by molar-refractivity contribution is 6.51. The Balaban J connectivity index is 1.91. The molecule has 1 aliphatic heterocycles. The van der Waals surface area contributed by atoms with Crippen molar-refractivity contribution >= 4 is 29.5 Å². The highest BCUT2D eigenvalue weighted by Crippen LogP contribution is 2.24. The van der Waals surface area contributed by atoms with Crippen molar-refractivity contribution in [3.05, 3.63) is 35.4 Å². The van der Waals surface area contributed by atoms with Gasteiger partial charge in [-0.25, -0.2) is 4.79 Å². The van der Waals surface area contributed by atoms with Gasteiger partial charge in [-0.3, -0.25) is 9.59 Å². The maximum absolute atomic E-state index is 11.6. The largest absolute Gasteiger partial charge is 0.444 e. The number of alkyl carbamates (subject to hydrolysis) is 1. The predicted octanol–water partition coefficient (Wildman–Crippen LogP) is 2.36. The second-order valence-electron chi connectivity index (χ2n) is 5.87. The molecule has 0 atom stereocenters. The topological polar surface area (TPSA) is 84.5 Å². The lowest BCUT2D eigenvalue weighted by molar-refractivity contribution is -0.112. The normalized spacial score (nSPS) is 14.0. The smallest absolute Gasteiger partial charge is 0.407 e. The molecule has 0 saturated carbocycles. The van der Waals surface area contributed by atoms with Gasteiger partial charge in [-0.05, 0) is 38.5 Å². The van der Waals surface area contributed by atoms with Crippen LogP contribution >= 0.6 is 0 Å². The maximum Gasteiger partial charge on any atom is 0.407 e. The van der Waals surface area contributed by atoms with Crippen molar-refractivity contribution in [1.29, 1.82) is 0 Å². The first-order valence-corrected chi connectivity index (χ1v) is 6.89. The average Bonchev–Trinajstić information content (AvgIpc) is 2.69. The molecule has 2 rings (SSSR count).